The van der Waals surface area contributed by atoms with Crippen molar-refractivity contribution in [1.82, 2.24) is 0 Å². The van der Waals surface area contributed by atoms with Crippen molar-refractivity contribution >= 4 is 19.8 Å². The molecule has 0 saturated heterocycles. The van der Waals surface area contributed by atoms with Gasteiger partial charge in [0.1, 0.15) is 19.8 Å². The minimum Gasteiger partial charge on any atom is -0.462 e. The molecular formula is C66H127NO8P+. The lowest BCUT2D eigenvalue weighted by Crippen LogP contribution is -2.37. The molecule has 2 unspecified atom stereocenters. The molecule has 0 aromatic heterocycles. The van der Waals surface area contributed by atoms with E-state index in [0.29, 0.717) is 23.9 Å². The number of hydrogen-bond acceptors (Lipinski definition) is 7. The second-order valence-electron chi connectivity index (χ2n) is 23.5. The van der Waals surface area contributed by atoms with Crippen LogP contribution in [-0.4, -0.2) is 74.9 Å². The average Bonchev–Trinajstić information content (AvgIpc) is 3.38. The van der Waals surface area contributed by atoms with E-state index in [9.17, 15) is 19.0 Å². The van der Waals surface area contributed by atoms with Gasteiger partial charge in [-0.2, -0.15) is 0 Å². The van der Waals surface area contributed by atoms with E-state index in [2.05, 4.69) is 50.3 Å². The van der Waals surface area contributed by atoms with Crippen LogP contribution in [0.5, 0.6) is 0 Å². The van der Waals surface area contributed by atoms with E-state index in [1.54, 1.807) is 0 Å². The van der Waals surface area contributed by atoms with Crippen LogP contribution in [0.3, 0.4) is 0 Å². The Bertz CT molecular complexity index is 1380. The largest absolute Gasteiger partial charge is 0.472 e. The third-order valence-corrected chi connectivity index (χ3v) is 15.7. The molecule has 0 aromatic rings. The van der Waals surface area contributed by atoms with E-state index in [1.165, 1.54) is 244 Å². The number of hydrogen-bond donors (Lipinski definition) is 1. The number of unbranched alkanes of at least 4 members (excludes halogenated alkanes) is 41. The maximum absolute atomic E-state index is 12.9. The molecule has 0 heterocycles. The summed E-state index contributed by atoms with van der Waals surface area (Å²) < 4.78 is 34.7. The van der Waals surface area contributed by atoms with E-state index >= 15 is 0 Å². The van der Waals surface area contributed by atoms with Gasteiger partial charge < -0.3 is 18.9 Å². The molecule has 0 aromatic carbocycles. The summed E-state index contributed by atoms with van der Waals surface area (Å²) in [5, 5.41) is 0. The average molecular weight is 1090 g/mol. The second-order valence-corrected chi connectivity index (χ2v) is 25.0. The summed E-state index contributed by atoms with van der Waals surface area (Å²) in [5.41, 5.74) is 0. The molecule has 0 spiro atoms. The van der Waals surface area contributed by atoms with Crippen LogP contribution in [0.1, 0.15) is 322 Å². The lowest BCUT2D eigenvalue weighted by atomic mass is 10.0. The highest BCUT2D eigenvalue weighted by Crippen LogP contribution is 2.43. The fourth-order valence-corrected chi connectivity index (χ4v) is 10.4. The van der Waals surface area contributed by atoms with Crippen LogP contribution in [0.15, 0.2) is 36.5 Å². The Morgan fingerprint density at radius 1 is 0.408 bits per heavy atom. The Balaban J connectivity index is 4.06. The highest BCUT2D eigenvalue weighted by molar-refractivity contribution is 7.47. The molecule has 76 heavy (non-hydrogen) atoms. The first-order chi connectivity index (χ1) is 37.0. The molecule has 0 fully saturated rings. The first-order valence-electron chi connectivity index (χ1n) is 32.7. The Morgan fingerprint density at radius 3 is 1.05 bits per heavy atom. The van der Waals surface area contributed by atoms with Gasteiger partial charge in [-0.25, -0.2) is 4.57 Å². The maximum atomic E-state index is 12.9. The quantitative estimate of drug-likeness (QED) is 0.0211. The van der Waals surface area contributed by atoms with Crippen molar-refractivity contribution in [2.24, 2.45) is 0 Å². The number of nitrogens with zero attached hydrogens (tertiary/aromatic N) is 1. The molecule has 0 aliphatic rings. The molecular weight excluding hydrogens is 966 g/mol. The minimum absolute atomic E-state index is 0.0339. The second kappa shape index (κ2) is 57.9. The zero-order valence-electron chi connectivity index (χ0n) is 51.0. The molecule has 448 valence electrons. The summed E-state index contributed by atoms with van der Waals surface area (Å²) >= 11 is 0. The fraction of sp³-hybridized carbons (Fsp3) is 0.879. The third kappa shape index (κ3) is 61.4. The van der Waals surface area contributed by atoms with Crippen LogP contribution in [0.2, 0.25) is 0 Å². The maximum Gasteiger partial charge on any atom is 0.472 e. The zero-order chi connectivity index (χ0) is 55.6. The standard InChI is InChI=1S/C66H126NO8P/c1-6-8-10-12-14-16-18-20-22-24-26-28-30-31-32-33-34-35-37-39-41-43-45-47-49-51-53-55-57-59-66(69)75-64(63-74-76(70,71)73-61-60-67(3,4)5)62-72-65(68)58-56-54-52-50-48-46-44-42-40-38-36-29-27-25-23-21-19-17-15-13-11-9-7-2/h18,20,24,26,30-31,64H,6-17,19,21-23,25,27-29,32-63H2,1-5H3/p+1/b20-18-,26-24-,31-30-. The smallest absolute Gasteiger partial charge is 0.462 e. The Morgan fingerprint density at radius 2 is 0.711 bits per heavy atom. The Labute approximate surface area is 471 Å². The van der Waals surface area contributed by atoms with Gasteiger partial charge in [0.2, 0.25) is 0 Å². The van der Waals surface area contributed by atoms with Crippen LogP contribution in [0.4, 0.5) is 0 Å². The normalized spacial score (nSPS) is 13.4. The summed E-state index contributed by atoms with van der Waals surface area (Å²) in [6, 6.07) is 0. The number of allylic oxidation sites excluding steroid dienone is 6. The molecule has 0 bridgehead atoms. The lowest BCUT2D eigenvalue weighted by molar-refractivity contribution is -0.870. The van der Waals surface area contributed by atoms with Gasteiger partial charge in [-0.05, 0) is 51.4 Å². The van der Waals surface area contributed by atoms with E-state index in [0.717, 1.165) is 44.9 Å². The van der Waals surface area contributed by atoms with Gasteiger partial charge in [0.15, 0.2) is 6.10 Å². The summed E-state index contributed by atoms with van der Waals surface area (Å²) in [5.74, 6) is -0.780. The molecule has 10 heteroatoms. The van der Waals surface area contributed by atoms with Crippen molar-refractivity contribution in [2.75, 3.05) is 47.5 Å². The van der Waals surface area contributed by atoms with Crippen molar-refractivity contribution in [3.63, 3.8) is 0 Å². The summed E-state index contributed by atoms with van der Waals surface area (Å²) in [6.07, 6.45) is 72.3. The number of phosphoric ester groups is 1. The number of quaternary nitrogens is 1. The van der Waals surface area contributed by atoms with E-state index in [1.807, 2.05) is 21.1 Å². The molecule has 0 aliphatic heterocycles. The fourth-order valence-electron chi connectivity index (χ4n) is 9.61. The molecule has 0 radical (unpaired) electrons. The third-order valence-electron chi connectivity index (χ3n) is 14.7. The molecule has 9 nitrogen and oxygen atoms in total. The van der Waals surface area contributed by atoms with Crippen molar-refractivity contribution < 1.29 is 42.1 Å². The molecule has 1 N–H and O–H groups in total. The minimum atomic E-state index is -4.39. The van der Waals surface area contributed by atoms with Crippen LogP contribution >= 0.6 is 7.82 Å². The summed E-state index contributed by atoms with van der Waals surface area (Å²) in [6.45, 7) is 4.48. The van der Waals surface area contributed by atoms with Gasteiger partial charge in [0.05, 0.1) is 27.7 Å². The van der Waals surface area contributed by atoms with Crippen LogP contribution in [-0.2, 0) is 32.7 Å². The topological polar surface area (TPSA) is 108 Å². The molecule has 0 rings (SSSR count). The summed E-state index contributed by atoms with van der Waals surface area (Å²) in [7, 11) is 1.49. The molecule has 0 saturated carbocycles. The Hall–Kier alpha value is -1.77. The van der Waals surface area contributed by atoms with Crippen molar-refractivity contribution in [3.8, 4) is 0 Å². The first-order valence-corrected chi connectivity index (χ1v) is 34.2. The van der Waals surface area contributed by atoms with Crippen LogP contribution in [0.25, 0.3) is 0 Å². The SMILES string of the molecule is CCCCCCC/C=C\C/C=C\C/C=C\CCCCCCCCCCCCCCCCC(=O)OC(COC(=O)CCCCCCCCCCCCCCCCCCCCCCCCC)COP(=O)(O)OCC[N+](C)(C)C. The Kier molecular flexibility index (Phi) is 56.6. The van der Waals surface area contributed by atoms with Gasteiger partial charge in [0.25, 0.3) is 0 Å². The van der Waals surface area contributed by atoms with Crippen LogP contribution in [0, 0.1) is 0 Å². The zero-order valence-corrected chi connectivity index (χ0v) is 51.9. The van der Waals surface area contributed by atoms with Gasteiger partial charge in [-0.15, -0.1) is 0 Å². The molecule has 0 aliphatic carbocycles. The first kappa shape index (κ1) is 74.2. The molecule has 0 amide bonds. The van der Waals surface area contributed by atoms with E-state index < -0.39 is 26.5 Å². The number of esters is 2. The van der Waals surface area contributed by atoms with Gasteiger partial charge in [0, 0.05) is 12.8 Å². The van der Waals surface area contributed by atoms with Crippen molar-refractivity contribution in [3.05, 3.63) is 36.5 Å². The van der Waals surface area contributed by atoms with Crippen molar-refractivity contribution in [1.29, 1.82) is 0 Å². The highest BCUT2D eigenvalue weighted by Gasteiger charge is 2.27. The number of ether oxygens (including phenoxy) is 2. The van der Waals surface area contributed by atoms with Crippen molar-refractivity contribution in [2.45, 2.75) is 328 Å². The van der Waals surface area contributed by atoms with E-state index in [4.69, 9.17) is 18.5 Å². The number of carbonyl (C=O) groups excluding carboxylic acids is 2. The van der Waals surface area contributed by atoms with Gasteiger partial charge in [-0.3, -0.25) is 18.6 Å². The number of rotatable bonds is 61. The van der Waals surface area contributed by atoms with Gasteiger partial charge in [-0.1, -0.05) is 294 Å². The highest BCUT2D eigenvalue weighted by atomic mass is 31.2. The molecule has 2 atom stereocenters. The van der Waals surface area contributed by atoms with E-state index in [-0.39, 0.29) is 25.6 Å². The number of phosphoric acid groups is 1. The predicted molar refractivity (Wildman–Crippen MR) is 326 cm³/mol. The predicted octanol–water partition coefficient (Wildman–Crippen LogP) is 20.7. The number of likely N-dealkylation sites (N-methyl/N-ethyl adjacent to an activating group) is 1. The summed E-state index contributed by atoms with van der Waals surface area (Å²) in [4.78, 5) is 35.8. The number of carbonyl (C=O) groups is 2. The van der Waals surface area contributed by atoms with Gasteiger partial charge >= 0.3 is 19.8 Å². The monoisotopic (exact) mass is 1090 g/mol. The lowest BCUT2D eigenvalue weighted by Gasteiger charge is -2.24. The van der Waals surface area contributed by atoms with Crippen LogP contribution < -0.4 is 0 Å².